The van der Waals surface area contributed by atoms with Gasteiger partial charge in [0.05, 0.1) is 11.6 Å². The maximum Gasteiger partial charge on any atom is 0.136 e. The zero-order valence-corrected chi connectivity index (χ0v) is 19.6. The molecule has 1 aromatic carbocycles. The molecule has 0 fully saturated rings. The maximum atomic E-state index is 10.6. The first-order valence-electron chi connectivity index (χ1n) is 9.28. The van der Waals surface area contributed by atoms with E-state index in [2.05, 4.69) is 73.7 Å². The largest absolute Gasteiger partial charge is 0.508 e. The fourth-order valence-corrected chi connectivity index (χ4v) is 7.34. The van der Waals surface area contributed by atoms with E-state index in [1.54, 1.807) is 0 Å². The molecule has 0 aliphatic carbocycles. The molecule has 1 heterocycles. The van der Waals surface area contributed by atoms with Crippen molar-refractivity contribution in [2.24, 2.45) is 0 Å². The Morgan fingerprint density at radius 1 is 0.962 bits per heavy atom. The van der Waals surface area contributed by atoms with Crippen LogP contribution in [0.5, 0.6) is 5.75 Å². The lowest BCUT2D eigenvalue weighted by atomic mass is 9.81. The molecule has 144 valence electrons. The molecule has 2 rings (SSSR count). The van der Waals surface area contributed by atoms with Gasteiger partial charge in [0.2, 0.25) is 0 Å². The number of thioether (sulfide) groups is 1. The van der Waals surface area contributed by atoms with Crippen molar-refractivity contribution in [3.63, 3.8) is 0 Å². The van der Waals surface area contributed by atoms with Crippen LogP contribution in [-0.4, -0.2) is 18.6 Å². The van der Waals surface area contributed by atoms with E-state index < -0.39 is 8.07 Å². The minimum absolute atomic E-state index is 0.0107. The van der Waals surface area contributed by atoms with Crippen molar-refractivity contribution in [2.75, 3.05) is 5.38 Å². The molecule has 0 unspecified atom stereocenters. The normalized spacial score (nSPS) is 13.3. The average molecular weight is 391 g/mol. The number of phenols is 1. The third kappa shape index (κ3) is 4.77. The summed E-state index contributed by atoms with van der Waals surface area (Å²) < 4.78 is 5.82. The van der Waals surface area contributed by atoms with E-state index in [1.807, 2.05) is 24.1 Å². The summed E-state index contributed by atoms with van der Waals surface area (Å²) in [4.78, 5) is 1.28. The van der Waals surface area contributed by atoms with Gasteiger partial charge in [-0.25, -0.2) is 0 Å². The molecule has 0 saturated heterocycles. The summed E-state index contributed by atoms with van der Waals surface area (Å²) in [6.45, 7) is 19.9. The van der Waals surface area contributed by atoms with Crippen molar-refractivity contribution in [3.8, 4) is 5.75 Å². The van der Waals surface area contributed by atoms with E-state index in [0.717, 1.165) is 16.3 Å². The van der Waals surface area contributed by atoms with Gasteiger partial charge in [-0.3, -0.25) is 0 Å². The monoisotopic (exact) mass is 390 g/mol. The van der Waals surface area contributed by atoms with Crippen LogP contribution < -0.4 is 5.38 Å². The summed E-state index contributed by atoms with van der Waals surface area (Å²) in [6.07, 6.45) is 1.85. The lowest BCUT2D eigenvalue weighted by molar-refractivity contribution is 0.441. The average Bonchev–Trinajstić information content (AvgIpc) is 2.91. The first kappa shape index (κ1) is 21.2. The first-order valence-corrected chi connectivity index (χ1v) is 13.5. The highest BCUT2D eigenvalue weighted by Crippen LogP contribution is 2.41. The number of hydrogen-bond acceptors (Lipinski definition) is 3. The molecule has 0 bridgehead atoms. The van der Waals surface area contributed by atoms with Crippen molar-refractivity contribution < 1.29 is 9.52 Å². The topological polar surface area (TPSA) is 33.4 Å². The Hall–Kier alpha value is -1.13. The smallest absolute Gasteiger partial charge is 0.136 e. The highest BCUT2D eigenvalue weighted by atomic mass is 32.2. The van der Waals surface area contributed by atoms with Crippen molar-refractivity contribution in [2.45, 2.75) is 77.3 Å². The van der Waals surface area contributed by atoms with E-state index in [9.17, 15) is 5.11 Å². The standard InChI is InChI=1S/C22H34O2SSi/c1-15-10-20(24-13-15)26(8,9)14-25-19-12-16(21(2,3)4)18(23)11-17(19)22(5,6)7/h10-13,23H,14H2,1-9H3. The second kappa shape index (κ2) is 7.12. The number of benzene rings is 1. The van der Waals surface area contributed by atoms with Gasteiger partial charge < -0.3 is 9.52 Å². The van der Waals surface area contributed by atoms with E-state index in [-0.39, 0.29) is 10.8 Å². The van der Waals surface area contributed by atoms with Crippen LogP contribution in [0.25, 0.3) is 0 Å². The van der Waals surface area contributed by atoms with Crippen molar-refractivity contribution in [1.82, 2.24) is 0 Å². The second-order valence-electron chi connectivity index (χ2n) is 10.0. The Balaban J connectivity index is 2.40. The van der Waals surface area contributed by atoms with E-state index in [0.29, 0.717) is 5.75 Å². The molecule has 1 N–H and O–H groups in total. The molecular weight excluding hydrogens is 356 g/mol. The molecule has 0 saturated carbocycles. The predicted octanol–water partition coefficient (Wildman–Crippen LogP) is 6.14. The third-order valence-electron chi connectivity index (χ3n) is 4.70. The van der Waals surface area contributed by atoms with Crippen LogP contribution in [-0.2, 0) is 10.8 Å². The Kier molecular flexibility index (Phi) is 5.80. The number of rotatable bonds is 4. The van der Waals surface area contributed by atoms with Crippen LogP contribution in [0.1, 0.15) is 58.2 Å². The molecule has 4 heteroatoms. The first-order chi connectivity index (χ1) is 11.7. The zero-order chi connectivity index (χ0) is 19.9. The number of aromatic hydroxyl groups is 1. The number of phenolic OH excluding ortho intramolecular Hbond substituents is 1. The van der Waals surface area contributed by atoms with Gasteiger partial charge in [-0.15, -0.1) is 11.8 Å². The zero-order valence-electron chi connectivity index (χ0n) is 17.8. The van der Waals surface area contributed by atoms with Crippen LogP contribution in [0.2, 0.25) is 13.1 Å². The van der Waals surface area contributed by atoms with E-state index in [1.165, 1.54) is 16.0 Å². The van der Waals surface area contributed by atoms with Gasteiger partial charge in [0.25, 0.3) is 0 Å². The fraction of sp³-hybridized carbons (Fsp3) is 0.545. The minimum atomic E-state index is -1.67. The van der Waals surface area contributed by atoms with Gasteiger partial charge in [-0.2, -0.15) is 0 Å². The van der Waals surface area contributed by atoms with Crippen LogP contribution in [0.3, 0.4) is 0 Å². The number of hydrogen-bond donors (Lipinski definition) is 1. The molecule has 2 nitrogen and oxygen atoms in total. The molecule has 0 atom stereocenters. The summed E-state index contributed by atoms with van der Waals surface area (Å²) in [7, 11) is -1.67. The molecule has 1 aromatic heterocycles. The molecule has 0 aliphatic heterocycles. The van der Waals surface area contributed by atoms with Gasteiger partial charge in [-0.1, -0.05) is 54.6 Å². The molecule has 26 heavy (non-hydrogen) atoms. The maximum absolute atomic E-state index is 10.6. The fourth-order valence-electron chi connectivity index (χ4n) is 2.99. The molecular formula is C22H34O2SSi. The Morgan fingerprint density at radius 3 is 2.00 bits per heavy atom. The van der Waals surface area contributed by atoms with E-state index >= 15 is 0 Å². The summed E-state index contributed by atoms with van der Waals surface area (Å²) in [5, 5.41) is 12.8. The lowest BCUT2D eigenvalue weighted by Gasteiger charge is -2.28. The summed E-state index contributed by atoms with van der Waals surface area (Å²) in [6, 6.07) is 6.38. The molecule has 0 radical (unpaired) electrons. The van der Waals surface area contributed by atoms with Crippen LogP contribution in [0, 0.1) is 6.92 Å². The second-order valence-corrected chi connectivity index (χ2v) is 16.2. The van der Waals surface area contributed by atoms with Crippen LogP contribution in [0.4, 0.5) is 0 Å². The Labute approximate surface area is 164 Å². The quantitative estimate of drug-likeness (QED) is 0.503. The summed E-state index contributed by atoms with van der Waals surface area (Å²) >= 11 is 1.91. The molecule has 0 spiro atoms. The van der Waals surface area contributed by atoms with E-state index in [4.69, 9.17) is 4.42 Å². The van der Waals surface area contributed by atoms with Gasteiger partial charge in [-0.05, 0) is 47.1 Å². The van der Waals surface area contributed by atoms with Crippen LogP contribution >= 0.6 is 11.8 Å². The van der Waals surface area contributed by atoms with Crippen molar-refractivity contribution in [1.29, 1.82) is 0 Å². The van der Waals surface area contributed by atoms with Gasteiger partial charge in [0, 0.05) is 15.8 Å². The highest BCUT2D eigenvalue weighted by molar-refractivity contribution is 8.01. The Bertz CT molecular complexity index is 776. The predicted molar refractivity (Wildman–Crippen MR) is 117 cm³/mol. The molecule has 0 aliphatic rings. The van der Waals surface area contributed by atoms with Crippen LogP contribution in [0.15, 0.2) is 33.8 Å². The van der Waals surface area contributed by atoms with Crippen molar-refractivity contribution >= 4 is 25.2 Å². The Morgan fingerprint density at radius 2 is 1.54 bits per heavy atom. The summed E-state index contributed by atoms with van der Waals surface area (Å²) in [5.74, 6) is 0.407. The molecule has 0 amide bonds. The number of aryl methyl sites for hydroxylation is 1. The SMILES string of the molecule is Cc1coc([Si](C)(C)CSc2cc(C(C)(C)C)c(O)cc2C(C)(C)C)c1. The van der Waals surface area contributed by atoms with Gasteiger partial charge in [0.1, 0.15) is 13.8 Å². The third-order valence-corrected chi connectivity index (χ3v) is 10.4. The summed E-state index contributed by atoms with van der Waals surface area (Å²) in [5.41, 5.74) is 3.33. The molecule has 2 aromatic rings. The highest BCUT2D eigenvalue weighted by Gasteiger charge is 2.30. The van der Waals surface area contributed by atoms with Crippen molar-refractivity contribution in [3.05, 3.63) is 41.2 Å². The van der Waals surface area contributed by atoms with Gasteiger partial charge in [0.15, 0.2) is 0 Å². The lowest BCUT2D eigenvalue weighted by Crippen LogP contribution is -2.43. The minimum Gasteiger partial charge on any atom is -0.508 e. The van der Waals surface area contributed by atoms with Gasteiger partial charge >= 0.3 is 0 Å². The number of furan rings is 1.